The lowest BCUT2D eigenvalue weighted by Crippen LogP contribution is -2.26. The quantitative estimate of drug-likeness (QED) is 0.736. The molecule has 0 saturated carbocycles. The number of benzene rings is 2. The normalized spacial score (nSPS) is 10.4. The Labute approximate surface area is 158 Å². The number of nitrogens with zero attached hydrogens (tertiary/aromatic N) is 2. The molecule has 0 spiro atoms. The zero-order valence-corrected chi connectivity index (χ0v) is 15.1. The molecular weight excluding hydrogens is 377 g/mol. The molecule has 0 atom stereocenters. The third-order valence-electron chi connectivity index (χ3n) is 3.51. The van der Waals surface area contributed by atoms with Gasteiger partial charge >= 0.3 is 0 Å². The van der Waals surface area contributed by atoms with Crippen LogP contribution in [0.5, 0.6) is 5.75 Å². The van der Waals surface area contributed by atoms with Crippen LogP contribution in [0.2, 0.25) is 10.0 Å². The van der Waals surface area contributed by atoms with Gasteiger partial charge in [-0.25, -0.2) is 0 Å². The van der Waals surface area contributed by atoms with E-state index in [0.29, 0.717) is 21.4 Å². The van der Waals surface area contributed by atoms with Gasteiger partial charge in [0.25, 0.3) is 11.5 Å². The molecule has 0 aliphatic heterocycles. The molecule has 0 aliphatic rings. The third-order valence-corrected chi connectivity index (χ3v) is 4.25. The molecule has 0 bridgehead atoms. The predicted molar refractivity (Wildman–Crippen MR) is 101 cm³/mol. The number of hydrogen-bond acceptors (Lipinski definition) is 4. The average Bonchev–Trinajstić information content (AvgIpc) is 2.65. The van der Waals surface area contributed by atoms with Crippen molar-refractivity contribution in [2.45, 2.75) is 0 Å². The van der Waals surface area contributed by atoms with Gasteiger partial charge in [0, 0.05) is 5.69 Å². The standard InChI is InChI=1S/C18H13Cl2N3O3/c1-26-15-10-16(24)23(12-5-3-2-4-6-12)22-17(15)18(25)21-11-7-8-13(19)14(20)9-11/h2-10H,1H3,(H,21,25). The van der Waals surface area contributed by atoms with Crippen molar-refractivity contribution < 1.29 is 9.53 Å². The van der Waals surface area contributed by atoms with Crippen LogP contribution in [0.1, 0.15) is 10.5 Å². The number of hydrogen-bond donors (Lipinski definition) is 1. The molecule has 1 aromatic heterocycles. The number of carbonyl (C=O) groups excluding carboxylic acids is 1. The second-order valence-corrected chi connectivity index (χ2v) is 6.04. The fourth-order valence-corrected chi connectivity index (χ4v) is 2.57. The van der Waals surface area contributed by atoms with Crippen LogP contribution in [0, 0.1) is 0 Å². The monoisotopic (exact) mass is 389 g/mol. The number of aromatic nitrogens is 2. The first-order valence-corrected chi connectivity index (χ1v) is 8.25. The Morgan fingerprint density at radius 1 is 1.08 bits per heavy atom. The van der Waals surface area contributed by atoms with Crippen LogP contribution >= 0.6 is 23.2 Å². The summed E-state index contributed by atoms with van der Waals surface area (Å²) in [5, 5.41) is 7.49. The minimum Gasteiger partial charge on any atom is -0.494 e. The molecule has 0 aliphatic carbocycles. The number of ether oxygens (including phenoxy) is 1. The Kier molecular flexibility index (Phi) is 5.25. The van der Waals surface area contributed by atoms with Gasteiger partial charge in [-0.05, 0) is 30.3 Å². The summed E-state index contributed by atoms with van der Waals surface area (Å²) in [7, 11) is 1.36. The van der Waals surface area contributed by atoms with Crippen LogP contribution in [-0.2, 0) is 0 Å². The molecular formula is C18H13Cl2N3O3. The average molecular weight is 390 g/mol. The summed E-state index contributed by atoms with van der Waals surface area (Å²) in [5.41, 5.74) is 0.510. The number of halogens is 2. The molecule has 3 rings (SSSR count). The van der Waals surface area contributed by atoms with E-state index in [1.165, 1.54) is 19.2 Å². The summed E-state index contributed by atoms with van der Waals surface area (Å²) in [5.74, 6) is -0.482. The van der Waals surface area contributed by atoms with Gasteiger partial charge < -0.3 is 10.1 Å². The van der Waals surface area contributed by atoms with Gasteiger partial charge in [-0.15, -0.1) is 0 Å². The van der Waals surface area contributed by atoms with Gasteiger partial charge in [0.15, 0.2) is 11.4 Å². The highest BCUT2D eigenvalue weighted by Crippen LogP contribution is 2.25. The van der Waals surface area contributed by atoms with Gasteiger partial charge in [0.05, 0.1) is 28.9 Å². The van der Waals surface area contributed by atoms with E-state index < -0.39 is 11.5 Å². The molecule has 0 fully saturated rings. The Balaban J connectivity index is 2.01. The van der Waals surface area contributed by atoms with Crippen molar-refractivity contribution in [3.05, 3.63) is 80.7 Å². The van der Waals surface area contributed by atoms with Crippen LogP contribution in [0.4, 0.5) is 5.69 Å². The molecule has 1 heterocycles. The molecule has 2 aromatic carbocycles. The number of methoxy groups -OCH3 is 1. The minimum atomic E-state index is -0.551. The highest BCUT2D eigenvalue weighted by molar-refractivity contribution is 6.42. The first-order chi connectivity index (χ1) is 12.5. The van der Waals surface area contributed by atoms with Crippen molar-refractivity contribution in [3.8, 4) is 11.4 Å². The molecule has 26 heavy (non-hydrogen) atoms. The summed E-state index contributed by atoms with van der Waals surface area (Å²) < 4.78 is 6.27. The van der Waals surface area contributed by atoms with E-state index in [1.54, 1.807) is 36.4 Å². The summed E-state index contributed by atoms with van der Waals surface area (Å²) in [6.07, 6.45) is 0. The zero-order chi connectivity index (χ0) is 18.7. The first-order valence-electron chi connectivity index (χ1n) is 7.50. The first kappa shape index (κ1) is 18.0. The zero-order valence-electron chi connectivity index (χ0n) is 13.6. The Hall–Kier alpha value is -2.83. The van der Waals surface area contributed by atoms with E-state index in [4.69, 9.17) is 27.9 Å². The summed E-state index contributed by atoms with van der Waals surface area (Å²) in [6.45, 7) is 0. The van der Waals surface area contributed by atoms with Crippen molar-refractivity contribution in [2.75, 3.05) is 12.4 Å². The van der Waals surface area contributed by atoms with Crippen LogP contribution in [-0.4, -0.2) is 22.8 Å². The van der Waals surface area contributed by atoms with E-state index in [0.717, 1.165) is 4.68 Å². The lowest BCUT2D eigenvalue weighted by Gasteiger charge is -2.11. The Morgan fingerprint density at radius 2 is 1.81 bits per heavy atom. The third kappa shape index (κ3) is 3.71. The largest absolute Gasteiger partial charge is 0.494 e. The number of amides is 1. The highest BCUT2D eigenvalue weighted by atomic mass is 35.5. The molecule has 6 nitrogen and oxygen atoms in total. The van der Waals surface area contributed by atoms with Gasteiger partial charge in [-0.3, -0.25) is 9.59 Å². The molecule has 0 saturated heterocycles. The maximum Gasteiger partial charge on any atom is 0.280 e. The van der Waals surface area contributed by atoms with E-state index in [2.05, 4.69) is 10.4 Å². The van der Waals surface area contributed by atoms with Crippen LogP contribution in [0.25, 0.3) is 5.69 Å². The predicted octanol–water partition coefficient (Wildman–Crippen LogP) is 3.80. The summed E-state index contributed by atoms with van der Waals surface area (Å²) in [4.78, 5) is 24.9. The number of carbonyl (C=O) groups is 1. The molecule has 8 heteroatoms. The van der Waals surface area contributed by atoms with E-state index in [-0.39, 0.29) is 11.4 Å². The van der Waals surface area contributed by atoms with Crippen LogP contribution in [0.15, 0.2) is 59.4 Å². The number of para-hydroxylation sites is 1. The Morgan fingerprint density at radius 3 is 2.46 bits per heavy atom. The molecule has 0 unspecified atom stereocenters. The molecule has 132 valence electrons. The molecule has 1 N–H and O–H groups in total. The van der Waals surface area contributed by atoms with E-state index >= 15 is 0 Å². The number of rotatable bonds is 4. The summed E-state index contributed by atoms with van der Waals surface area (Å²) in [6, 6.07) is 14.7. The second kappa shape index (κ2) is 7.59. The fourth-order valence-electron chi connectivity index (χ4n) is 2.27. The van der Waals surface area contributed by atoms with Crippen molar-refractivity contribution in [1.29, 1.82) is 0 Å². The smallest absolute Gasteiger partial charge is 0.280 e. The SMILES string of the molecule is COc1cc(=O)n(-c2ccccc2)nc1C(=O)Nc1ccc(Cl)c(Cl)c1. The fraction of sp³-hybridized carbons (Fsp3) is 0.0556. The van der Waals surface area contributed by atoms with E-state index in [9.17, 15) is 9.59 Å². The van der Waals surface area contributed by atoms with Gasteiger partial charge in [0.1, 0.15) is 0 Å². The lowest BCUT2D eigenvalue weighted by atomic mass is 10.2. The lowest BCUT2D eigenvalue weighted by molar-refractivity contribution is 0.101. The molecule has 1 amide bonds. The molecule has 3 aromatic rings. The number of nitrogens with one attached hydrogen (secondary N) is 1. The second-order valence-electron chi connectivity index (χ2n) is 5.23. The number of anilines is 1. The van der Waals surface area contributed by atoms with E-state index in [1.807, 2.05) is 6.07 Å². The molecule has 0 radical (unpaired) electrons. The van der Waals surface area contributed by atoms with Crippen molar-refractivity contribution >= 4 is 34.8 Å². The van der Waals surface area contributed by atoms with Crippen LogP contribution in [0.3, 0.4) is 0 Å². The summed E-state index contributed by atoms with van der Waals surface area (Å²) >= 11 is 11.8. The topological polar surface area (TPSA) is 73.2 Å². The van der Waals surface area contributed by atoms with Crippen LogP contribution < -0.4 is 15.6 Å². The maximum atomic E-state index is 12.6. The minimum absolute atomic E-state index is 0.0398. The van der Waals surface area contributed by atoms with Crippen molar-refractivity contribution in [1.82, 2.24) is 9.78 Å². The highest BCUT2D eigenvalue weighted by Gasteiger charge is 2.18. The van der Waals surface area contributed by atoms with Gasteiger partial charge in [-0.1, -0.05) is 41.4 Å². The van der Waals surface area contributed by atoms with Crippen molar-refractivity contribution in [3.63, 3.8) is 0 Å². The van der Waals surface area contributed by atoms with Crippen molar-refractivity contribution in [2.24, 2.45) is 0 Å². The van der Waals surface area contributed by atoms with Gasteiger partial charge in [-0.2, -0.15) is 9.78 Å². The maximum absolute atomic E-state index is 12.6. The van der Waals surface area contributed by atoms with Gasteiger partial charge in [0.2, 0.25) is 0 Å². The Bertz CT molecular complexity index is 1020.